The van der Waals surface area contributed by atoms with E-state index in [1.807, 2.05) is 24.3 Å². The van der Waals surface area contributed by atoms with Crippen LogP contribution in [0.5, 0.6) is 0 Å². The summed E-state index contributed by atoms with van der Waals surface area (Å²) >= 11 is 0. The minimum atomic E-state index is 0. The molecule has 2 saturated heterocycles. The van der Waals surface area contributed by atoms with Gasteiger partial charge >= 0.3 is 44.8 Å². The van der Waals surface area contributed by atoms with Crippen LogP contribution in [0.25, 0.3) is 22.3 Å². The molecule has 0 saturated carbocycles. The van der Waals surface area contributed by atoms with Crippen LogP contribution in [0.3, 0.4) is 0 Å². The van der Waals surface area contributed by atoms with Crippen LogP contribution in [-0.4, -0.2) is 35.0 Å². The molecule has 266 valence electrons. The third kappa shape index (κ3) is 9.65. The number of hydrogen-bond donors (Lipinski definition) is 0. The molecular weight excluding hydrogens is 1010 g/mol. The van der Waals surface area contributed by atoms with E-state index in [9.17, 15) is 0 Å². The van der Waals surface area contributed by atoms with E-state index in [1.54, 1.807) is 50.8 Å². The standard InChI is InChI=1S/C16H32P2.2C15H9.2Au/c1-13-7-8-14(2)17(13)11-5-6-12-18-15(3)9-10-16(18)4;2*1-2-11-7-8-13-10-12-5-3-4-6-14(12)15(13)9-11;;/h13-16H,5-12H2,1-4H3;2*3-9H,10H2;;/q;2*-1;2*+1/p+2/t13-,14-,15-,16-;;;;/m0..../s1. The fraction of sp³-hybridized carbons (Fsp3) is 0.391. The van der Waals surface area contributed by atoms with Crippen LogP contribution in [0, 0.1) is 24.7 Å². The average Bonchev–Trinajstić information content (AvgIpc) is 3.86. The molecule has 0 radical (unpaired) electrons. The van der Waals surface area contributed by atoms with E-state index in [2.05, 4.69) is 100 Å². The Kier molecular flexibility index (Phi) is 16.0. The van der Waals surface area contributed by atoms with Gasteiger partial charge in [0.25, 0.3) is 0 Å². The smallest absolute Gasteiger partial charge is 0.366 e. The zero-order chi connectivity index (χ0) is 33.6. The summed E-state index contributed by atoms with van der Waals surface area (Å²) in [7, 11) is 0.0434. The molecule has 0 amide bonds. The normalized spacial score (nSPS) is 20.9. The van der Waals surface area contributed by atoms with Gasteiger partial charge in [0.15, 0.2) is 0 Å². The molecule has 2 heterocycles. The predicted molar refractivity (Wildman–Crippen MR) is 214 cm³/mol. The molecular formula is C46H52Au2P2+2. The number of benzene rings is 4. The van der Waals surface area contributed by atoms with Gasteiger partial charge in [-0.15, -0.1) is 35.4 Å². The molecule has 0 nitrogen and oxygen atoms in total. The van der Waals surface area contributed by atoms with Crippen molar-refractivity contribution in [3.8, 4) is 34.1 Å². The molecule has 4 aliphatic rings. The predicted octanol–water partition coefficient (Wildman–Crippen LogP) is 11.7. The van der Waals surface area contributed by atoms with Crippen molar-refractivity contribution in [1.29, 1.82) is 0 Å². The number of fused-ring (bicyclic) bond motifs is 6. The Labute approximate surface area is 337 Å². The molecule has 4 aromatic rings. The molecule has 2 fully saturated rings. The van der Waals surface area contributed by atoms with Crippen molar-refractivity contribution in [2.45, 2.75) is 102 Å². The molecule has 8 rings (SSSR count). The van der Waals surface area contributed by atoms with Crippen LogP contribution in [0.1, 0.15) is 99.6 Å². The summed E-state index contributed by atoms with van der Waals surface area (Å²) in [6, 6.07) is 29.1. The third-order valence-electron chi connectivity index (χ3n) is 11.7. The van der Waals surface area contributed by atoms with Gasteiger partial charge in [0.05, 0.1) is 35.0 Å². The maximum Gasteiger partial charge on any atom is 1.00 e. The summed E-state index contributed by atoms with van der Waals surface area (Å²) in [5, 5.41) is 0. The van der Waals surface area contributed by atoms with Gasteiger partial charge in [-0.3, -0.25) is 11.8 Å². The van der Waals surface area contributed by atoms with Gasteiger partial charge in [0.2, 0.25) is 0 Å². The van der Waals surface area contributed by atoms with E-state index in [1.165, 1.54) is 44.5 Å². The molecule has 0 bridgehead atoms. The van der Waals surface area contributed by atoms with Crippen LogP contribution < -0.4 is 0 Å². The van der Waals surface area contributed by atoms with Crippen LogP contribution in [0.15, 0.2) is 84.9 Å². The summed E-state index contributed by atoms with van der Waals surface area (Å²) in [5.74, 6) is 4.87. The first-order valence-corrected chi connectivity index (χ1v) is 22.1. The molecule has 0 aromatic heterocycles. The quantitative estimate of drug-likeness (QED) is 0.0531. The summed E-state index contributed by atoms with van der Waals surface area (Å²) in [4.78, 5) is 0. The molecule has 4 heteroatoms. The SMILES string of the molecule is C[C@H]1CC[C@H](C)[PH+]1CCCC[PH+]1[C@@H](C)CC[C@@H]1C.[Au+].[Au+].[C-]#Cc1ccc2c(c1)-c1ccccc1C2.[C-]#Cc1ccc2c(c1)-c1ccccc1C2. The first kappa shape index (κ1) is 41.1. The van der Waals surface area contributed by atoms with E-state index < -0.39 is 0 Å². The monoisotopic (exact) mass is 1060 g/mol. The van der Waals surface area contributed by atoms with Crippen molar-refractivity contribution in [2.75, 3.05) is 12.3 Å². The van der Waals surface area contributed by atoms with E-state index >= 15 is 0 Å². The minimum Gasteiger partial charge on any atom is -0.366 e. The summed E-state index contributed by atoms with van der Waals surface area (Å²) in [5.41, 5.74) is 16.8. The van der Waals surface area contributed by atoms with E-state index in [0.29, 0.717) is 0 Å². The zero-order valence-electron chi connectivity index (χ0n) is 30.1. The van der Waals surface area contributed by atoms with Gasteiger partial charge in [0, 0.05) is 15.8 Å². The maximum absolute atomic E-state index is 7.14. The Morgan fingerprint density at radius 3 is 1.20 bits per heavy atom. The Balaban J connectivity index is 0.000000166. The van der Waals surface area contributed by atoms with E-state index in [4.69, 9.17) is 12.8 Å². The zero-order valence-corrected chi connectivity index (χ0v) is 36.4. The topological polar surface area (TPSA) is 0 Å². The second-order valence-corrected chi connectivity index (χ2v) is 22.0. The van der Waals surface area contributed by atoms with Crippen LogP contribution >= 0.6 is 15.8 Å². The van der Waals surface area contributed by atoms with Crippen molar-refractivity contribution >= 4 is 15.8 Å². The van der Waals surface area contributed by atoms with E-state index in [0.717, 1.165) is 46.6 Å². The second kappa shape index (κ2) is 19.4. The molecule has 4 atom stereocenters. The molecule has 2 aliphatic carbocycles. The van der Waals surface area contributed by atoms with Crippen LogP contribution in [-0.2, 0) is 57.6 Å². The molecule has 0 spiro atoms. The van der Waals surface area contributed by atoms with E-state index in [-0.39, 0.29) is 60.6 Å². The van der Waals surface area contributed by atoms with Crippen molar-refractivity contribution in [2.24, 2.45) is 0 Å². The molecule has 0 unspecified atom stereocenters. The first-order valence-electron chi connectivity index (χ1n) is 18.3. The summed E-state index contributed by atoms with van der Waals surface area (Å²) in [6.45, 7) is 10.1. The molecule has 2 aliphatic heterocycles. The number of rotatable bonds is 5. The van der Waals surface area contributed by atoms with Crippen molar-refractivity contribution in [3.63, 3.8) is 0 Å². The largest absolute Gasteiger partial charge is 1.00 e. The van der Waals surface area contributed by atoms with Crippen LogP contribution in [0.4, 0.5) is 0 Å². The maximum atomic E-state index is 7.14. The Bertz CT molecular complexity index is 1660. The number of hydrogen-bond acceptors (Lipinski definition) is 0. The van der Waals surface area contributed by atoms with Crippen molar-refractivity contribution < 1.29 is 44.8 Å². The summed E-state index contributed by atoms with van der Waals surface area (Å²) < 4.78 is 0. The number of unbranched alkanes of at least 4 members (excludes halogenated alkanes) is 1. The minimum absolute atomic E-state index is 0. The average molecular weight is 1060 g/mol. The fourth-order valence-electron chi connectivity index (χ4n) is 8.76. The fourth-order valence-corrected chi connectivity index (χ4v) is 16.1. The molecule has 50 heavy (non-hydrogen) atoms. The molecule has 0 N–H and O–H groups in total. The van der Waals surface area contributed by atoms with Crippen molar-refractivity contribution in [3.05, 3.63) is 131 Å². The Hall–Kier alpha value is -1.66. The van der Waals surface area contributed by atoms with Gasteiger partial charge in [-0.05, 0) is 124 Å². The third-order valence-corrected chi connectivity index (χ3v) is 19.7. The summed E-state index contributed by atoms with van der Waals surface area (Å²) in [6.07, 6.45) is 28.9. The van der Waals surface area contributed by atoms with Gasteiger partial charge in [0.1, 0.15) is 0 Å². The van der Waals surface area contributed by atoms with Crippen molar-refractivity contribution in [1.82, 2.24) is 0 Å². The molecule has 4 aromatic carbocycles. The van der Waals surface area contributed by atoms with Gasteiger partial charge in [-0.2, -0.15) is 0 Å². The van der Waals surface area contributed by atoms with Crippen LogP contribution in [0.2, 0.25) is 0 Å². The Morgan fingerprint density at radius 2 is 0.840 bits per heavy atom. The second-order valence-electron chi connectivity index (χ2n) is 14.8. The van der Waals surface area contributed by atoms with Gasteiger partial charge < -0.3 is 12.8 Å². The van der Waals surface area contributed by atoms with Gasteiger partial charge in [-0.25, -0.2) is 0 Å². The van der Waals surface area contributed by atoms with Gasteiger partial charge in [-0.1, -0.05) is 60.7 Å². The Morgan fingerprint density at radius 1 is 0.500 bits per heavy atom. The first-order chi connectivity index (χ1) is 23.4.